The number of ether oxygens (including phenoxy) is 1. The van der Waals surface area contributed by atoms with Gasteiger partial charge in [0.1, 0.15) is 17.9 Å². The number of alkyl carbamates (subject to hydrolysis) is 1. The van der Waals surface area contributed by atoms with Crippen molar-refractivity contribution in [3.8, 4) is 0 Å². The van der Waals surface area contributed by atoms with Crippen LogP contribution < -0.4 is 5.32 Å². The van der Waals surface area contributed by atoms with Gasteiger partial charge < -0.3 is 20.3 Å². The normalized spacial score (nSPS) is 13.1. The number of amides is 1. The van der Waals surface area contributed by atoms with Gasteiger partial charge in [-0.25, -0.2) is 9.78 Å². The average Bonchev–Trinajstić information content (AvgIpc) is 2.73. The number of carbonyl (C=O) groups is 1. The first kappa shape index (κ1) is 20.1. The Bertz CT molecular complexity index is 936. The second kappa shape index (κ2) is 9.50. The van der Waals surface area contributed by atoms with Gasteiger partial charge in [-0.05, 0) is 17.4 Å². The second-order valence-electron chi connectivity index (χ2n) is 6.34. The van der Waals surface area contributed by atoms with Crippen LogP contribution in [0.1, 0.15) is 23.7 Å². The highest BCUT2D eigenvalue weighted by atomic mass is 35.5. The summed E-state index contributed by atoms with van der Waals surface area (Å²) in [6, 6.07) is 16.6. The van der Waals surface area contributed by atoms with E-state index in [4.69, 9.17) is 16.3 Å². The molecule has 1 aromatic heterocycles. The molecular formula is C21H21ClN2O4. The Morgan fingerprint density at radius 2 is 1.75 bits per heavy atom. The molecule has 2 aromatic carbocycles. The minimum atomic E-state index is -1.16. The van der Waals surface area contributed by atoms with Crippen LogP contribution in [0.25, 0.3) is 10.8 Å². The van der Waals surface area contributed by atoms with Crippen molar-refractivity contribution >= 4 is 28.5 Å². The number of aromatic nitrogens is 1. The maximum absolute atomic E-state index is 11.7. The summed E-state index contributed by atoms with van der Waals surface area (Å²) in [5.74, 6) is 0. The van der Waals surface area contributed by atoms with Crippen LogP contribution in [-0.2, 0) is 11.3 Å². The molecule has 0 aliphatic rings. The number of pyridine rings is 1. The van der Waals surface area contributed by atoms with E-state index < -0.39 is 18.3 Å². The Morgan fingerprint density at radius 1 is 1.07 bits per heavy atom. The number of aliphatic hydroxyl groups excluding tert-OH is 2. The van der Waals surface area contributed by atoms with Crippen LogP contribution in [0.4, 0.5) is 4.79 Å². The molecule has 6 nitrogen and oxygen atoms in total. The summed E-state index contributed by atoms with van der Waals surface area (Å²) in [5, 5.41) is 25.2. The lowest BCUT2D eigenvalue weighted by molar-refractivity contribution is 0.0143. The molecule has 28 heavy (non-hydrogen) atoms. The molecule has 0 spiro atoms. The van der Waals surface area contributed by atoms with Crippen LogP contribution in [0.15, 0.2) is 60.8 Å². The lowest BCUT2D eigenvalue weighted by Gasteiger charge is -2.20. The fourth-order valence-corrected chi connectivity index (χ4v) is 3.09. The molecule has 0 aliphatic carbocycles. The van der Waals surface area contributed by atoms with Gasteiger partial charge >= 0.3 is 6.09 Å². The Labute approximate surface area is 167 Å². The van der Waals surface area contributed by atoms with Crippen molar-refractivity contribution in [1.29, 1.82) is 0 Å². The predicted octanol–water partition coefficient (Wildman–Crippen LogP) is 3.60. The van der Waals surface area contributed by atoms with E-state index in [1.807, 2.05) is 48.5 Å². The monoisotopic (exact) mass is 400 g/mol. The average molecular weight is 401 g/mol. The zero-order chi connectivity index (χ0) is 19.9. The van der Waals surface area contributed by atoms with E-state index in [0.717, 1.165) is 10.9 Å². The quantitative estimate of drug-likeness (QED) is 0.527. The van der Waals surface area contributed by atoms with Gasteiger partial charge in [0.2, 0.25) is 0 Å². The van der Waals surface area contributed by atoms with E-state index in [1.54, 1.807) is 6.07 Å². The fraction of sp³-hybridized carbons (Fsp3) is 0.238. The van der Waals surface area contributed by atoms with E-state index in [0.29, 0.717) is 16.1 Å². The number of carbonyl (C=O) groups excluding carboxylic acids is 1. The summed E-state index contributed by atoms with van der Waals surface area (Å²) < 4.78 is 5.11. The molecule has 0 saturated carbocycles. The summed E-state index contributed by atoms with van der Waals surface area (Å²) in [5.41, 5.74) is 1.37. The summed E-state index contributed by atoms with van der Waals surface area (Å²) in [7, 11) is 0. The highest BCUT2D eigenvalue weighted by molar-refractivity contribution is 6.34. The van der Waals surface area contributed by atoms with Crippen molar-refractivity contribution in [3.05, 3.63) is 77.1 Å². The van der Waals surface area contributed by atoms with E-state index in [-0.39, 0.29) is 19.6 Å². The van der Waals surface area contributed by atoms with E-state index in [2.05, 4.69) is 10.3 Å². The number of rotatable bonds is 7. The van der Waals surface area contributed by atoms with Crippen LogP contribution >= 0.6 is 11.6 Å². The van der Waals surface area contributed by atoms with Crippen molar-refractivity contribution in [2.45, 2.75) is 25.2 Å². The van der Waals surface area contributed by atoms with Gasteiger partial charge in [-0.2, -0.15) is 0 Å². The number of nitrogens with one attached hydrogen (secondary N) is 1. The largest absolute Gasteiger partial charge is 0.445 e. The number of hydrogen-bond acceptors (Lipinski definition) is 5. The standard InChI is InChI=1S/C21H21ClN2O4/c22-20-16-9-5-4-8-15(16)17(12-24-20)19(26)18(25)10-11-23-21(27)28-13-14-6-2-1-3-7-14/h1-9,12,18-19,25-26H,10-11,13H2,(H,23,27). The minimum Gasteiger partial charge on any atom is -0.445 e. The second-order valence-corrected chi connectivity index (χ2v) is 6.70. The lowest BCUT2D eigenvalue weighted by atomic mass is 9.98. The van der Waals surface area contributed by atoms with Gasteiger partial charge in [-0.1, -0.05) is 66.2 Å². The molecule has 0 fully saturated rings. The number of nitrogens with zero attached hydrogens (tertiary/aromatic N) is 1. The summed E-state index contributed by atoms with van der Waals surface area (Å²) in [6.45, 7) is 0.324. The molecule has 0 saturated heterocycles. The van der Waals surface area contributed by atoms with Gasteiger partial charge in [0.05, 0.1) is 6.10 Å². The van der Waals surface area contributed by atoms with Crippen LogP contribution in [0, 0.1) is 0 Å². The fourth-order valence-electron chi connectivity index (χ4n) is 2.88. The molecule has 0 radical (unpaired) electrons. The number of fused-ring (bicyclic) bond motifs is 1. The van der Waals surface area contributed by atoms with E-state index in [9.17, 15) is 15.0 Å². The number of hydrogen-bond donors (Lipinski definition) is 3. The first-order chi connectivity index (χ1) is 13.6. The van der Waals surface area contributed by atoms with E-state index in [1.165, 1.54) is 6.20 Å². The van der Waals surface area contributed by atoms with Crippen LogP contribution in [-0.4, -0.2) is 33.9 Å². The lowest BCUT2D eigenvalue weighted by Crippen LogP contribution is -2.29. The van der Waals surface area contributed by atoms with Crippen LogP contribution in [0.2, 0.25) is 5.15 Å². The van der Waals surface area contributed by atoms with Crippen LogP contribution in [0.3, 0.4) is 0 Å². The van der Waals surface area contributed by atoms with Crippen LogP contribution in [0.5, 0.6) is 0 Å². The highest BCUT2D eigenvalue weighted by Gasteiger charge is 2.21. The zero-order valence-electron chi connectivity index (χ0n) is 15.1. The van der Waals surface area contributed by atoms with E-state index >= 15 is 0 Å². The summed E-state index contributed by atoms with van der Waals surface area (Å²) in [4.78, 5) is 15.8. The highest BCUT2D eigenvalue weighted by Crippen LogP contribution is 2.30. The molecule has 146 valence electrons. The third-order valence-electron chi connectivity index (χ3n) is 4.38. The number of aliphatic hydroxyl groups is 2. The molecule has 3 aromatic rings. The third-order valence-corrected chi connectivity index (χ3v) is 4.68. The third kappa shape index (κ3) is 4.98. The Hall–Kier alpha value is -2.67. The Balaban J connectivity index is 1.52. The predicted molar refractivity (Wildman–Crippen MR) is 107 cm³/mol. The maximum atomic E-state index is 11.7. The molecule has 0 bridgehead atoms. The van der Waals surface area contributed by atoms with Gasteiger partial charge in [0, 0.05) is 23.7 Å². The first-order valence-corrected chi connectivity index (χ1v) is 9.28. The molecule has 3 rings (SSSR count). The molecule has 1 heterocycles. The topological polar surface area (TPSA) is 91.7 Å². The molecule has 7 heteroatoms. The molecular weight excluding hydrogens is 380 g/mol. The molecule has 2 unspecified atom stereocenters. The Morgan fingerprint density at radius 3 is 2.50 bits per heavy atom. The van der Waals surface area contributed by atoms with Crippen molar-refractivity contribution in [3.63, 3.8) is 0 Å². The van der Waals surface area contributed by atoms with Gasteiger partial charge in [0.15, 0.2) is 0 Å². The summed E-state index contributed by atoms with van der Waals surface area (Å²) >= 11 is 6.09. The Kier molecular flexibility index (Phi) is 6.81. The smallest absolute Gasteiger partial charge is 0.407 e. The first-order valence-electron chi connectivity index (χ1n) is 8.90. The van der Waals surface area contributed by atoms with Gasteiger partial charge in [-0.3, -0.25) is 0 Å². The molecule has 0 aliphatic heterocycles. The number of benzene rings is 2. The summed E-state index contributed by atoms with van der Waals surface area (Å²) in [6.07, 6.45) is -1.21. The maximum Gasteiger partial charge on any atom is 0.407 e. The minimum absolute atomic E-state index is 0.151. The molecule has 3 N–H and O–H groups in total. The number of halogens is 1. The SMILES string of the molecule is O=C(NCCC(O)C(O)c1cnc(Cl)c2ccccc12)OCc1ccccc1. The van der Waals surface area contributed by atoms with Gasteiger partial charge in [0.25, 0.3) is 0 Å². The van der Waals surface area contributed by atoms with Crippen molar-refractivity contribution in [2.75, 3.05) is 6.54 Å². The zero-order valence-corrected chi connectivity index (χ0v) is 15.8. The van der Waals surface area contributed by atoms with Crippen molar-refractivity contribution in [2.24, 2.45) is 0 Å². The molecule has 2 atom stereocenters. The van der Waals surface area contributed by atoms with Crippen molar-refractivity contribution in [1.82, 2.24) is 10.3 Å². The van der Waals surface area contributed by atoms with Gasteiger partial charge in [-0.15, -0.1) is 0 Å². The van der Waals surface area contributed by atoms with Crippen molar-refractivity contribution < 1.29 is 19.7 Å². The molecule has 1 amide bonds.